The molecule has 0 fully saturated rings. The molecule has 78 valence electrons. The Kier molecular flexibility index (Phi) is 5.71. The van der Waals surface area contributed by atoms with Crippen LogP contribution in [0.1, 0.15) is 34.1 Å². The van der Waals surface area contributed by atoms with Crippen molar-refractivity contribution in [3.63, 3.8) is 0 Å². The van der Waals surface area contributed by atoms with E-state index in [0.29, 0.717) is 6.54 Å². The average molecular weight is 186 g/mol. The minimum atomic E-state index is 0.0835. The molecule has 0 aliphatic rings. The molecule has 0 heterocycles. The van der Waals surface area contributed by atoms with Crippen LogP contribution < -0.4 is 5.73 Å². The van der Waals surface area contributed by atoms with Crippen LogP contribution in [-0.4, -0.2) is 29.9 Å². The summed E-state index contributed by atoms with van der Waals surface area (Å²) in [6, 6.07) is 0.279. The highest BCUT2D eigenvalue weighted by molar-refractivity contribution is 5.78. The Labute approximate surface area is 81.3 Å². The van der Waals surface area contributed by atoms with Gasteiger partial charge in [-0.1, -0.05) is 13.8 Å². The third-order valence-corrected chi connectivity index (χ3v) is 2.00. The second-order valence-corrected chi connectivity index (χ2v) is 3.92. The van der Waals surface area contributed by atoms with E-state index in [-0.39, 0.29) is 17.9 Å². The summed E-state index contributed by atoms with van der Waals surface area (Å²) >= 11 is 0. The minimum Gasteiger partial charge on any atom is -0.340 e. The predicted octanol–water partition coefficient (Wildman–Crippen LogP) is 1.23. The first-order valence-electron chi connectivity index (χ1n) is 5.01. The molecule has 2 N–H and O–H groups in total. The summed E-state index contributed by atoms with van der Waals surface area (Å²) in [5.41, 5.74) is 5.42. The Bertz CT molecular complexity index is 155. The van der Waals surface area contributed by atoms with E-state index >= 15 is 0 Å². The van der Waals surface area contributed by atoms with E-state index in [1.807, 2.05) is 32.6 Å². The summed E-state index contributed by atoms with van der Waals surface area (Å²) in [7, 11) is 0. The Morgan fingerprint density at radius 1 is 1.31 bits per heavy atom. The first-order chi connectivity index (χ1) is 6.00. The first-order valence-corrected chi connectivity index (χ1v) is 5.01. The van der Waals surface area contributed by atoms with Gasteiger partial charge in [0.15, 0.2) is 0 Å². The fourth-order valence-corrected chi connectivity index (χ4v) is 1.22. The van der Waals surface area contributed by atoms with Gasteiger partial charge in [0, 0.05) is 18.5 Å². The second-order valence-electron chi connectivity index (χ2n) is 3.92. The maximum Gasteiger partial charge on any atom is 0.225 e. The van der Waals surface area contributed by atoms with E-state index in [2.05, 4.69) is 0 Å². The van der Waals surface area contributed by atoms with E-state index in [4.69, 9.17) is 5.73 Å². The van der Waals surface area contributed by atoms with Crippen LogP contribution in [0.4, 0.5) is 0 Å². The number of amides is 1. The van der Waals surface area contributed by atoms with Crippen molar-refractivity contribution < 1.29 is 4.79 Å². The summed E-state index contributed by atoms with van der Waals surface area (Å²) in [6.07, 6.45) is 0.886. The minimum absolute atomic E-state index is 0.0835. The average Bonchev–Trinajstić information content (AvgIpc) is 2.04. The lowest BCUT2D eigenvalue weighted by Crippen LogP contribution is -2.40. The van der Waals surface area contributed by atoms with Crippen LogP contribution in [-0.2, 0) is 4.79 Å². The molecule has 3 heteroatoms. The maximum atomic E-state index is 11.7. The molecule has 0 spiro atoms. The Balaban J connectivity index is 4.16. The summed E-state index contributed by atoms with van der Waals surface area (Å²) < 4.78 is 0. The number of hydrogen-bond donors (Lipinski definition) is 1. The third-order valence-electron chi connectivity index (χ3n) is 2.00. The maximum absolute atomic E-state index is 11.7. The van der Waals surface area contributed by atoms with Gasteiger partial charge in [-0.3, -0.25) is 4.79 Å². The summed E-state index contributed by atoms with van der Waals surface area (Å²) in [4.78, 5) is 13.6. The van der Waals surface area contributed by atoms with Gasteiger partial charge in [-0.2, -0.15) is 0 Å². The number of hydrogen-bond acceptors (Lipinski definition) is 2. The molecule has 3 nitrogen and oxygen atoms in total. The molecule has 0 saturated heterocycles. The van der Waals surface area contributed by atoms with Gasteiger partial charge in [0.05, 0.1) is 0 Å². The van der Waals surface area contributed by atoms with Gasteiger partial charge in [-0.15, -0.1) is 0 Å². The summed E-state index contributed by atoms with van der Waals surface area (Å²) in [5, 5.41) is 0. The van der Waals surface area contributed by atoms with Gasteiger partial charge in [-0.05, 0) is 26.8 Å². The van der Waals surface area contributed by atoms with Crippen LogP contribution in [0.15, 0.2) is 0 Å². The fourth-order valence-electron chi connectivity index (χ4n) is 1.22. The molecular formula is C10H22N2O. The molecule has 0 bridgehead atoms. The van der Waals surface area contributed by atoms with Crippen LogP contribution in [0.5, 0.6) is 0 Å². The highest BCUT2D eigenvalue weighted by atomic mass is 16.2. The second kappa shape index (κ2) is 5.97. The van der Waals surface area contributed by atoms with Crippen molar-refractivity contribution in [2.45, 2.75) is 40.2 Å². The summed E-state index contributed by atoms with van der Waals surface area (Å²) in [6.45, 7) is 9.37. The zero-order chi connectivity index (χ0) is 10.4. The van der Waals surface area contributed by atoms with Crippen molar-refractivity contribution in [2.24, 2.45) is 11.7 Å². The standard InChI is InChI=1S/C10H22N2O/c1-8(2)10(13)12(9(3)4)7-5-6-11/h8-9H,5-7,11H2,1-4H3. The molecule has 0 unspecified atom stereocenters. The number of carbonyl (C=O) groups is 1. The van der Waals surface area contributed by atoms with Crippen molar-refractivity contribution in [2.75, 3.05) is 13.1 Å². The molecule has 0 aromatic carbocycles. The molecule has 1 amide bonds. The van der Waals surface area contributed by atoms with Gasteiger partial charge >= 0.3 is 0 Å². The molecule has 0 saturated carbocycles. The van der Waals surface area contributed by atoms with Gasteiger partial charge in [0.25, 0.3) is 0 Å². The smallest absolute Gasteiger partial charge is 0.225 e. The van der Waals surface area contributed by atoms with Crippen LogP contribution in [0.25, 0.3) is 0 Å². The van der Waals surface area contributed by atoms with Gasteiger partial charge in [-0.25, -0.2) is 0 Å². The highest BCUT2D eigenvalue weighted by Gasteiger charge is 2.18. The lowest BCUT2D eigenvalue weighted by atomic mass is 10.1. The van der Waals surface area contributed by atoms with E-state index in [1.54, 1.807) is 0 Å². The van der Waals surface area contributed by atoms with E-state index in [9.17, 15) is 4.79 Å². The first kappa shape index (κ1) is 12.4. The Hall–Kier alpha value is -0.570. The monoisotopic (exact) mass is 186 g/mol. The molecule has 0 aliphatic heterocycles. The SMILES string of the molecule is CC(C)C(=O)N(CCCN)C(C)C. The van der Waals surface area contributed by atoms with Crippen molar-refractivity contribution in [1.29, 1.82) is 0 Å². The van der Waals surface area contributed by atoms with E-state index < -0.39 is 0 Å². The molecule has 13 heavy (non-hydrogen) atoms. The molecular weight excluding hydrogens is 164 g/mol. The van der Waals surface area contributed by atoms with Crippen LogP contribution in [0.2, 0.25) is 0 Å². The topological polar surface area (TPSA) is 46.3 Å². The van der Waals surface area contributed by atoms with Crippen molar-refractivity contribution in [1.82, 2.24) is 4.90 Å². The quantitative estimate of drug-likeness (QED) is 0.702. The summed E-state index contributed by atoms with van der Waals surface area (Å²) in [5.74, 6) is 0.309. The molecule has 0 rings (SSSR count). The number of rotatable bonds is 5. The molecule has 0 atom stereocenters. The van der Waals surface area contributed by atoms with Crippen molar-refractivity contribution in [3.8, 4) is 0 Å². The molecule has 0 aromatic heterocycles. The normalized spacial score (nSPS) is 11.0. The third kappa shape index (κ3) is 4.27. The van der Waals surface area contributed by atoms with Crippen molar-refractivity contribution in [3.05, 3.63) is 0 Å². The lowest BCUT2D eigenvalue weighted by Gasteiger charge is -2.28. The Morgan fingerprint density at radius 3 is 2.15 bits per heavy atom. The largest absolute Gasteiger partial charge is 0.340 e. The van der Waals surface area contributed by atoms with Crippen LogP contribution >= 0.6 is 0 Å². The van der Waals surface area contributed by atoms with E-state index in [1.165, 1.54) is 0 Å². The lowest BCUT2D eigenvalue weighted by molar-refractivity contribution is -0.136. The van der Waals surface area contributed by atoms with E-state index in [0.717, 1.165) is 13.0 Å². The zero-order valence-electron chi connectivity index (χ0n) is 9.21. The number of nitrogens with zero attached hydrogens (tertiary/aromatic N) is 1. The highest BCUT2D eigenvalue weighted by Crippen LogP contribution is 2.06. The predicted molar refractivity (Wildman–Crippen MR) is 55.4 cm³/mol. The van der Waals surface area contributed by atoms with Gasteiger partial charge in [0.1, 0.15) is 0 Å². The molecule has 0 aliphatic carbocycles. The van der Waals surface area contributed by atoms with Gasteiger partial charge < -0.3 is 10.6 Å². The number of nitrogens with two attached hydrogens (primary N) is 1. The Morgan fingerprint density at radius 2 is 1.85 bits per heavy atom. The van der Waals surface area contributed by atoms with Gasteiger partial charge in [0.2, 0.25) is 5.91 Å². The molecule has 0 aromatic rings. The number of carbonyl (C=O) groups excluding carboxylic acids is 1. The molecule has 0 radical (unpaired) electrons. The van der Waals surface area contributed by atoms with Crippen LogP contribution in [0, 0.1) is 5.92 Å². The van der Waals surface area contributed by atoms with Crippen molar-refractivity contribution >= 4 is 5.91 Å². The zero-order valence-corrected chi connectivity index (χ0v) is 9.21. The fraction of sp³-hybridized carbons (Fsp3) is 0.900. The van der Waals surface area contributed by atoms with Crippen LogP contribution in [0.3, 0.4) is 0 Å².